The molecule has 3 rings (SSSR count). The predicted octanol–water partition coefficient (Wildman–Crippen LogP) is 5.00. The molecule has 0 amide bonds. The molecule has 0 heterocycles. The summed E-state index contributed by atoms with van der Waals surface area (Å²) >= 11 is 0. The van der Waals surface area contributed by atoms with Gasteiger partial charge in [-0.15, -0.1) is 13.2 Å². The standard InChI is InChI=1S/C23H18F3NO6S/c1-32-22-13-15(6-12-21(22)29)5-11-20(28)16-3-2-4-17(14-16)27-34(30,31)19-9-7-18(8-10-19)33-23(24,25)26/h2-14,27,29H,1H3/b11-5+. The molecule has 0 saturated heterocycles. The van der Waals surface area contributed by atoms with Crippen LogP contribution in [0, 0.1) is 0 Å². The summed E-state index contributed by atoms with van der Waals surface area (Å²) in [6.45, 7) is 0. The number of rotatable bonds is 8. The van der Waals surface area contributed by atoms with E-state index in [-0.39, 0.29) is 27.6 Å². The van der Waals surface area contributed by atoms with E-state index < -0.39 is 27.9 Å². The average molecular weight is 493 g/mol. The quantitative estimate of drug-likeness (QED) is 0.338. The lowest BCUT2D eigenvalue weighted by Crippen LogP contribution is -2.17. The molecule has 3 aromatic rings. The molecule has 178 valence electrons. The van der Waals surface area contributed by atoms with Crippen LogP contribution in [0.25, 0.3) is 6.08 Å². The van der Waals surface area contributed by atoms with Crippen molar-refractivity contribution in [1.29, 1.82) is 0 Å². The Labute approximate surface area is 193 Å². The molecule has 0 aromatic heterocycles. The number of benzene rings is 3. The molecule has 11 heteroatoms. The van der Waals surface area contributed by atoms with E-state index in [0.717, 1.165) is 24.3 Å². The van der Waals surface area contributed by atoms with Crippen LogP contribution in [0.1, 0.15) is 15.9 Å². The third-order valence-corrected chi connectivity index (χ3v) is 5.80. The fourth-order valence-corrected chi connectivity index (χ4v) is 3.89. The van der Waals surface area contributed by atoms with E-state index in [4.69, 9.17) is 4.74 Å². The normalized spacial score (nSPS) is 11.9. The van der Waals surface area contributed by atoms with Crippen molar-refractivity contribution in [2.24, 2.45) is 0 Å². The van der Waals surface area contributed by atoms with E-state index in [2.05, 4.69) is 9.46 Å². The number of allylic oxidation sites excluding steroid dienone is 1. The van der Waals surface area contributed by atoms with Crippen molar-refractivity contribution < 1.29 is 41.0 Å². The fourth-order valence-electron chi connectivity index (χ4n) is 2.84. The van der Waals surface area contributed by atoms with Gasteiger partial charge in [0.25, 0.3) is 10.0 Å². The molecule has 0 bridgehead atoms. The van der Waals surface area contributed by atoms with E-state index in [1.165, 1.54) is 55.7 Å². The van der Waals surface area contributed by atoms with Gasteiger partial charge in [0.15, 0.2) is 17.3 Å². The number of carbonyl (C=O) groups excluding carboxylic acids is 1. The zero-order valence-corrected chi connectivity index (χ0v) is 18.4. The summed E-state index contributed by atoms with van der Waals surface area (Å²) in [5.74, 6) is -0.781. The van der Waals surface area contributed by atoms with Crippen LogP contribution in [0.4, 0.5) is 18.9 Å². The largest absolute Gasteiger partial charge is 0.573 e. The third-order valence-electron chi connectivity index (χ3n) is 4.40. The smallest absolute Gasteiger partial charge is 0.504 e. The number of nitrogens with one attached hydrogen (secondary N) is 1. The van der Waals surface area contributed by atoms with Gasteiger partial charge in [0.05, 0.1) is 12.0 Å². The Balaban J connectivity index is 1.74. The molecule has 0 atom stereocenters. The number of phenolic OH excluding ortho intramolecular Hbond substituents is 1. The molecular weight excluding hydrogens is 475 g/mol. The lowest BCUT2D eigenvalue weighted by molar-refractivity contribution is -0.274. The summed E-state index contributed by atoms with van der Waals surface area (Å²) in [5, 5.41) is 9.63. The van der Waals surface area contributed by atoms with E-state index >= 15 is 0 Å². The van der Waals surface area contributed by atoms with Gasteiger partial charge in [-0.25, -0.2) is 8.42 Å². The number of ketones is 1. The summed E-state index contributed by atoms with van der Waals surface area (Å²) in [6, 6.07) is 13.9. The van der Waals surface area contributed by atoms with E-state index in [0.29, 0.717) is 5.56 Å². The van der Waals surface area contributed by atoms with Gasteiger partial charge in [-0.3, -0.25) is 9.52 Å². The predicted molar refractivity (Wildman–Crippen MR) is 118 cm³/mol. The Morgan fingerprint density at radius 1 is 1.03 bits per heavy atom. The summed E-state index contributed by atoms with van der Waals surface area (Å²) in [7, 11) is -2.74. The molecule has 7 nitrogen and oxygen atoms in total. The van der Waals surface area contributed by atoms with Crippen LogP contribution in [0.15, 0.2) is 77.7 Å². The van der Waals surface area contributed by atoms with Crippen LogP contribution < -0.4 is 14.2 Å². The molecule has 2 N–H and O–H groups in total. The molecule has 3 aromatic carbocycles. The Morgan fingerprint density at radius 2 is 1.74 bits per heavy atom. The minimum absolute atomic E-state index is 0.0477. The van der Waals surface area contributed by atoms with Crippen LogP contribution in [0.2, 0.25) is 0 Å². The number of hydrogen-bond donors (Lipinski definition) is 2. The number of anilines is 1. The number of aromatic hydroxyl groups is 1. The van der Waals surface area contributed by atoms with Crippen molar-refractivity contribution in [3.63, 3.8) is 0 Å². The van der Waals surface area contributed by atoms with Crippen LogP contribution in [0.3, 0.4) is 0 Å². The monoisotopic (exact) mass is 493 g/mol. The van der Waals surface area contributed by atoms with E-state index in [1.54, 1.807) is 6.07 Å². The molecule has 34 heavy (non-hydrogen) atoms. The van der Waals surface area contributed by atoms with Crippen molar-refractivity contribution in [2.45, 2.75) is 11.3 Å². The Morgan fingerprint density at radius 3 is 2.38 bits per heavy atom. The van der Waals surface area contributed by atoms with Crippen molar-refractivity contribution in [3.8, 4) is 17.2 Å². The van der Waals surface area contributed by atoms with Gasteiger partial charge in [-0.05, 0) is 60.2 Å². The number of carbonyl (C=O) groups is 1. The molecule has 0 radical (unpaired) electrons. The Kier molecular flexibility index (Phi) is 7.16. The number of methoxy groups -OCH3 is 1. The van der Waals surface area contributed by atoms with Gasteiger partial charge in [-0.1, -0.05) is 24.3 Å². The second-order valence-corrected chi connectivity index (χ2v) is 8.52. The molecule has 0 aliphatic rings. The maximum atomic E-state index is 12.6. The first-order chi connectivity index (χ1) is 16.0. The number of phenols is 1. The highest BCUT2D eigenvalue weighted by atomic mass is 32.2. The van der Waals surface area contributed by atoms with Gasteiger partial charge < -0.3 is 14.6 Å². The average Bonchev–Trinajstić information content (AvgIpc) is 2.77. The first kappa shape index (κ1) is 24.6. The molecule has 0 aliphatic heterocycles. The highest BCUT2D eigenvalue weighted by Gasteiger charge is 2.31. The number of halogens is 3. The molecule has 0 saturated carbocycles. The van der Waals surface area contributed by atoms with Crippen LogP contribution >= 0.6 is 0 Å². The minimum Gasteiger partial charge on any atom is -0.504 e. The van der Waals surface area contributed by atoms with Crippen LogP contribution in [-0.2, 0) is 10.0 Å². The van der Waals surface area contributed by atoms with Crippen molar-refractivity contribution in [1.82, 2.24) is 0 Å². The van der Waals surface area contributed by atoms with Crippen molar-refractivity contribution in [3.05, 3.63) is 83.9 Å². The molecule has 0 fully saturated rings. The van der Waals surface area contributed by atoms with Gasteiger partial charge in [-0.2, -0.15) is 0 Å². The van der Waals surface area contributed by atoms with E-state index in [9.17, 15) is 31.5 Å². The van der Waals surface area contributed by atoms with Gasteiger partial charge in [0.2, 0.25) is 0 Å². The number of hydrogen-bond acceptors (Lipinski definition) is 6. The van der Waals surface area contributed by atoms with Crippen LogP contribution in [0.5, 0.6) is 17.2 Å². The third kappa shape index (κ3) is 6.51. The molecule has 0 unspecified atom stereocenters. The Hall–Kier alpha value is -3.99. The topological polar surface area (TPSA) is 102 Å². The highest BCUT2D eigenvalue weighted by Crippen LogP contribution is 2.27. The van der Waals surface area contributed by atoms with Gasteiger partial charge >= 0.3 is 6.36 Å². The number of sulfonamides is 1. The number of ether oxygens (including phenoxy) is 2. The lowest BCUT2D eigenvalue weighted by atomic mass is 10.1. The maximum Gasteiger partial charge on any atom is 0.573 e. The number of alkyl halides is 3. The van der Waals surface area contributed by atoms with Gasteiger partial charge in [0, 0.05) is 11.3 Å². The lowest BCUT2D eigenvalue weighted by Gasteiger charge is -2.11. The Bertz CT molecular complexity index is 1320. The summed E-state index contributed by atoms with van der Waals surface area (Å²) in [4.78, 5) is 12.2. The fraction of sp³-hybridized carbons (Fsp3) is 0.0870. The highest BCUT2D eigenvalue weighted by molar-refractivity contribution is 7.92. The second kappa shape index (κ2) is 9.87. The molecular formula is C23H18F3NO6S. The van der Waals surface area contributed by atoms with E-state index in [1.807, 2.05) is 0 Å². The van der Waals surface area contributed by atoms with Crippen LogP contribution in [-0.4, -0.2) is 32.8 Å². The first-order valence-corrected chi connectivity index (χ1v) is 11.0. The molecule has 0 spiro atoms. The first-order valence-electron chi connectivity index (χ1n) is 9.55. The second-order valence-electron chi connectivity index (χ2n) is 6.83. The van der Waals surface area contributed by atoms with Crippen molar-refractivity contribution in [2.75, 3.05) is 11.8 Å². The summed E-state index contributed by atoms with van der Waals surface area (Å²) < 4.78 is 73.0. The summed E-state index contributed by atoms with van der Waals surface area (Å²) in [6.07, 6.45) is -2.11. The minimum atomic E-state index is -4.89. The maximum absolute atomic E-state index is 12.6. The summed E-state index contributed by atoms with van der Waals surface area (Å²) in [5.41, 5.74) is 0.870. The van der Waals surface area contributed by atoms with Crippen molar-refractivity contribution >= 4 is 27.6 Å². The zero-order chi connectivity index (χ0) is 24.9. The molecule has 0 aliphatic carbocycles. The SMILES string of the molecule is COc1cc(/C=C/C(=O)c2cccc(NS(=O)(=O)c3ccc(OC(F)(F)F)cc3)c2)ccc1O. The van der Waals surface area contributed by atoms with Gasteiger partial charge in [0.1, 0.15) is 5.75 Å². The zero-order valence-electron chi connectivity index (χ0n) is 17.5.